The van der Waals surface area contributed by atoms with Gasteiger partial charge < -0.3 is 9.64 Å². The molecule has 1 heterocycles. The molecule has 1 aliphatic heterocycles. The Hall–Kier alpha value is -1.16. The van der Waals surface area contributed by atoms with Gasteiger partial charge in [-0.25, -0.2) is 8.42 Å². The summed E-state index contributed by atoms with van der Waals surface area (Å²) >= 11 is 0. The van der Waals surface area contributed by atoms with Gasteiger partial charge >= 0.3 is 6.18 Å². The van der Waals surface area contributed by atoms with E-state index in [1.807, 2.05) is 0 Å². The highest BCUT2D eigenvalue weighted by Gasteiger charge is 2.34. The van der Waals surface area contributed by atoms with E-state index in [1.54, 1.807) is 0 Å². The number of nitrogens with zero attached hydrogens (tertiary/aromatic N) is 2. The van der Waals surface area contributed by atoms with Crippen LogP contribution in [0.15, 0.2) is 29.2 Å². The molecule has 0 radical (unpaired) electrons. The van der Waals surface area contributed by atoms with Crippen molar-refractivity contribution in [1.29, 1.82) is 0 Å². The summed E-state index contributed by atoms with van der Waals surface area (Å²) in [6, 6.07) is 4.13. The van der Waals surface area contributed by atoms with Crippen LogP contribution in [-0.2, 0) is 20.9 Å². The van der Waals surface area contributed by atoms with Crippen molar-refractivity contribution in [2.24, 2.45) is 0 Å². The van der Waals surface area contributed by atoms with Crippen molar-refractivity contribution in [1.82, 2.24) is 9.21 Å². The van der Waals surface area contributed by atoms with E-state index in [2.05, 4.69) is 11.8 Å². The second kappa shape index (κ2) is 11.5. The fraction of sp³-hybridized carbons (Fsp3) is 0.750. The Balaban J connectivity index is 1.41. The van der Waals surface area contributed by atoms with Gasteiger partial charge in [0.25, 0.3) is 0 Å². The third kappa shape index (κ3) is 7.16. The summed E-state index contributed by atoms with van der Waals surface area (Å²) < 4.78 is 71.5. The lowest BCUT2D eigenvalue weighted by atomic mass is 9.93. The third-order valence-corrected chi connectivity index (χ3v) is 9.07. The first-order chi connectivity index (χ1) is 15.6. The SMILES string of the molecule is CC(CCCO[C@H]1CC[C@H](N(C)S(=O)(=O)c2ccc(C(F)(F)F)cc2)CC1)N1CCCCC1. The topological polar surface area (TPSA) is 49.9 Å². The lowest BCUT2D eigenvalue weighted by Gasteiger charge is -2.34. The van der Waals surface area contributed by atoms with Crippen molar-refractivity contribution in [2.75, 3.05) is 26.7 Å². The molecular formula is C24H37F3N2O3S. The fourth-order valence-electron chi connectivity index (χ4n) is 4.92. The lowest BCUT2D eigenvalue weighted by Crippen LogP contribution is -2.40. The van der Waals surface area contributed by atoms with Gasteiger partial charge in [0.15, 0.2) is 0 Å². The normalized spacial score (nSPS) is 24.2. The van der Waals surface area contributed by atoms with Crippen molar-refractivity contribution < 1.29 is 26.3 Å². The predicted octanol–water partition coefficient (Wildman–Crippen LogP) is 5.31. The first kappa shape index (κ1) is 26.4. The summed E-state index contributed by atoms with van der Waals surface area (Å²) in [5.74, 6) is 0. The summed E-state index contributed by atoms with van der Waals surface area (Å²) in [4.78, 5) is 2.46. The molecule has 1 atom stereocenters. The minimum absolute atomic E-state index is 0.112. The third-order valence-electron chi connectivity index (χ3n) is 7.15. The Morgan fingerprint density at radius 1 is 1.06 bits per heavy atom. The number of sulfonamides is 1. The average molecular weight is 491 g/mol. The zero-order valence-electron chi connectivity index (χ0n) is 19.7. The molecule has 3 rings (SSSR count). The van der Waals surface area contributed by atoms with Gasteiger partial charge in [-0.3, -0.25) is 0 Å². The number of likely N-dealkylation sites (tertiary alicyclic amines) is 1. The Morgan fingerprint density at radius 3 is 2.24 bits per heavy atom. The molecule has 1 unspecified atom stereocenters. The van der Waals surface area contributed by atoms with Crippen LogP contribution in [0.3, 0.4) is 0 Å². The van der Waals surface area contributed by atoms with Gasteiger partial charge in [-0.05, 0) is 95.6 Å². The number of rotatable bonds is 9. The standard InChI is InChI=1S/C24H37F3N2O3S/c1-19(29-16-4-3-5-17-29)7-6-18-32-22-12-10-21(11-13-22)28(2)33(30,31)23-14-8-20(9-15-23)24(25,26)27/h8-9,14-15,19,21-22H,3-7,10-13,16-18H2,1-2H3/t19?,21-,22-. The average Bonchev–Trinajstić information content (AvgIpc) is 2.81. The zero-order chi connectivity index (χ0) is 24.1. The van der Waals surface area contributed by atoms with Crippen LogP contribution in [-0.4, -0.2) is 62.6 Å². The maximum Gasteiger partial charge on any atom is 0.416 e. The second-order valence-corrected chi connectivity index (χ2v) is 11.4. The number of alkyl halides is 3. The molecule has 1 aromatic carbocycles. The summed E-state index contributed by atoms with van der Waals surface area (Å²) in [6.07, 6.45) is 4.71. The molecule has 1 aliphatic carbocycles. The van der Waals surface area contributed by atoms with Crippen molar-refractivity contribution in [2.45, 2.75) is 94.0 Å². The molecule has 5 nitrogen and oxygen atoms in total. The highest BCUT2D eigenvalue weighted by Crippen LogP contribution is 2.32. The molecule has 0 bridgehead atoms. The van der Waals surface area contributed by atoms with Crippen LogP contribution in [0.5, 0.6) is 0 Å². The van der Waals surface area contributed by atoms with Crippen molar-refractivity contribution in [3.05, 3.63) is 29.8 Å². The Morgan fingerprint density at radius 2 is 1.67 bits per heavy atom. The number of halogens is 3. The number of ether oxygens (including phenoxy) is 1. The predicted molar refractivity (Wildman–Crippen MR) is 123 cm³/mol. The summed E-state index contributed by atoms with van der Waals surface area (Å²) in [5, 5.41) is 0. The molecule has 0 amide bonds. The molecular weight excluding hydrogens is 453 g/mol. The van der Waals surface area contributed by atoms with Crippen molar-refractivity contribution >= 4 is 10.0 Å². The van der Waals surface area contributed by atoms with Crippen LogP contribution in [0, 0.1) is 0 Å². The summed E-state index contributed by atoms with van der Waals surface area (Å²) in [7, 11) is -2.32. The summed E-state index contributed by atoms with van der Waals surface area (Å²) in [5.41, 5.74) is -0.855. The van der Waals surface area contributed by atoms with Crippen LogP contribution in [0.1, 0.15) is 70.3 Å². The van der Waals surface area contributed by atoms with Gasteiger partial charge in [-0.15, -0.1) is 0 Å². The smallest absolute Gasteiger partial charge is 0.378 e. The fourth-order valence-corrected chi connectivity index (χ4v) is 6.34. The quantitative estimate of drug-likeness (QED) is 0.441. The van der Waals surface area contributed by atoms with E-state index in [0.29, 0.717) is 18.9 Å². The maximum absolute atomic E-state index is 12.9. The van der Waals surface area contributed by atoms with E-state index in [9.17, 15) is 21.6 Å². The zero-order valence-corrected chi connectivity index (χ0v) is 20.5. The van der Waals surface area contributed by atoms with Gasteiger partial charge in [-0.2, -0.15) is 17.5 Å². The summed E-state index contributed by atoms with van der Waals surface area (Å²) in [6.45, 7) is 5.43. The largest absolute Gasteiger partial charge is 0.416 e. The molecule has 9 heteroatoms. The van der Waals surface area contributed by atoms with Crippen LogP contribution < -0.4 is 0 Å². The second-order valence-electron chi connectivity index (χ2n) is 9.43. The number of piperidine rings is 1. The van der Waals surface area contributed by atoms with Crippen molar-refractivity contribution in [3.8, 4) is 0 Å². The maximum atomic E-state index is 12.9. The van der Waals surface area contributed by atoms with E-state index in [0.717, 1.165) is 56.6 Å². The minimum atomic E-state index is -4.49. The van der Waals surface area contributed by atoms with Gasteiger partial charge in [0.05, 0.1) is 16.6 Å². The molecule has 0 aromatic heterocycles. The molecule has 2 fully saturated rings. The number of benzene rings is 1. The first-order valence-electron chi connectivity index (χ1n) is 12.1. The molecule has 188 valence electrons. The van der Waals surface area contributed by atoms with Gasteiger partial charge in [0, 0.05) is 25.7 Å². The number of hydrogen-bond donors (Lipinski definition) is 0. The lowest BCUT2D eigenvalue weighted by molar-refractivity contribution is -0.137. The van der Waals surface area contributed by atoms with E-state index in [-0.39, 0.29) is 17.0 Å². The number of hydrogen-bond acceptors (Lipinski definition) is 4. The Bertz CT molecular complexity index is 832. The van der Waals surface area contributed by atoms with E-state index >= 15 is 0 Å². The molecule has 0 spiro atoms. The molecule has 2 aliphatic rings. The van der Waals surface area contributed by atoms with Gasteiger partial charge in [0.2, 0.25) is 10.0 Å². The molecule has 1 saturated heterocycles. The van der Waals surface area contributed by atoms with Gasteiger partial charge in [0.1, 0.15) is 0 Å². The minimum Gasteiger partial charge on any atom is -0.378 e. The van der Waals surface area contributed by atoms with Crippen LogP contribution >= 0.6 is 0 Å². The highest BCUT2D eigenvalue weighted by molar-refractivity contribution is 7.89. The Labute approximate surface area is 196 Å². The Kier molecular flexibility index (Phi) is 9.23. The van der Waals surface area contributed by atoms with Gasteiger partial charge in [-0.1, -0.05) is 6.42 Å². The van der Waals surface area contributed by atoms with Crippen LogP contribution in [0.25, 0.3) is 0 Å². The van der Waals surface area contributed by atoms with Crippen molar-refractivity contribution in [3.63, 3.8) is 0 Å². The monoisotopic (exact) mass is 490 g/mol. The first-order valence-corrected chi connectivity index (χ1v) is 13.5. The molecule has 0 N–H and O–H groups in total. The van der Waals surface area contributed by atoms with E-state index in [1.165, 1.54) is 43.7 Å². The van der Waals surface area contributed by atoms with E-state index < -0.39 is 21.8 Å². The highest BCUT2D eigenvalue weighted by atomic mass is 32.2. The van der Waals surface area contributed by atoms with Crippen LogP contribution in [0.4, 0.5) is 13.2 Å². The molecule has 1 saturated carbocycles. The van der Waals surface area contributed by atoms with Crippen LogP contribution in [0.2, 0.25) is 0 Å². The molecule has 1 aromatic rings. The van der Waals surface area contributed by atoms with E-state index in [4.69, 9.17) is 4.74 Å². The molecule has 33 heavy (non-hydrogen) atoms.